The summed E-state index contributed by atoms with van der Waals surface area (Å²) >= 11 is 1.64. The largest absolute Gasteiger partial charge is 0.476 e. The molecule has 0 aliphatic rings. The minimum atomic E-state index is 0.763. The number of benzene rings is 1. The Hall–Kier alpha value is -1.12. The first-order valence-electron chi connectivity index (χ1n) is 5.22. The standard InChI is InChI=1S/C12H15N2OPS/c1-8-4-5-11-9(6-8)13-12(17-11)10(15-16)7-14(2)3/h4-7H,16H2,1-3H3/b10-7+. The van der Waals surface area contributed by atoms with Crippen molar-refractivity contribution in [3.8, 4) is 0 Å². The highest BCUT2D eigenvalue weighted by Gasteiger charge is 2.09. The van der Waals surface area contributed by atoms with Gasteiger partial charge in [-0.1, -0.05) is 6.07 Å². The van der Waals surface area contributed by atoms with Crippen molar-refractivity contribution in [2.75, 3.05) is 14.1 Å². The van der Waals surface area contributed by atoms with Crippen LogP contribution in [0.4, 0.5) is 0 Å². The van der Waals surface area contributed by atoms with Gasteiger partial charge in [0.05, 0.1) is 19.7 Å². The summed E-state index contributed by atoms with van der Waals surface area (Å²) in [6, 6.07) is 6.29. The number of thiazole rings is 1. The van der Waals surface area contributed by atoms with Crippen LogP contribution in [0, 0.1) is 6.92 Å². The van der Waals surface area contributed by atoms with Crippen molar-refractivity contribution >= 4 is 36.8 Å². The first-order valence-corrected chi connectivity index (χ1v) is 6.51. The Bertz CT molecular complexity index is 563. The number of aryl methyl sites for hydroxylation is 1. The molecule has 0 N–H and O–H groups in total. The summed E-state index contributed by atoms with van der Waals surface area (Å²) in [7, 11) is 6.19. The van der Waals surface area contributed by atoms with Crippen LogP contribution in [0.5, 0.6) is 0 Å². The van der Waals surface area contributed by atoms with Gasteiger partial charge in [0.15, 0.2) is 10.8 Å². The summed E-state index contributed by atoms with van der Waals surface area (Å²) in [5.41, 5.74) is 2.25. The lowest BCUT2D eigenvalue weighted by Crippen LogP contribution is -2.02. The highest BCUT2D eigenvalue weighted by Crippen LogP contribution is 2.29. The topological polar surface area (TPSA) is 25.4 Å². The molecule has 0 radical (unpaired) electrons. The van der Waals surface area contributed by atoms with E-state index >= 15 is 0 Å². The number of aromatic nitrogens is 1. The van der Waals surface area contributed by atoms with Gasteiger partial charge in [-0.05, 0) is 24.6 Å². The van der Waals surface area contributed by atoms with Crippen LogP contribution in [0.1, 0.15) is 10.6 Å². The summed E-state index contributed by atoms with van der Waals surface area (Å²) in [5, 5.41) is 0.898. The number of hydrogen-bond donors (Lipinski definition) is 0. The summed E-state index contributed by atoms with van der Waals surface area (Å²) in [6.45, 7) is 2.07. The van der Waals surface area contributed by atoms with Crippen LogP contribution in [0.25, 0.3) is 16.0 Å². The highest BCUT2D eigenvalue weighted by molar-refractivity contribution is 7.19. The monoisotopic (exact) mass is 266 g/mol. The van der Waals surface area contributed by atoms with Gasteiger partial charge < -0.3 is 9.42 Å². The van der Waals surface area contributed by atoms with Crippen molar-refractivity contribution in [2.45, 2.75) is 6.92 Å². The van der Waals surface area contributed by atoms with E-state index in [2.05, 4.69) is 39.6 Å². The van der Waals surface area contributed by atoms with E-state index in [0.29, 0.717) is 0 Å². The van der Waals surface area contributed by atoms with Crippen LogP contribution in [0.15, 0.2) is 24.4 Å². The van der Waals surface area contributed by atoms with Crippen molar-refractivity contribution in [2.24, 2.45) is 0 Å². The zero-order valence-corrected chi connectivity index (χ0v) is 12.1. The lowest BCUT2D eigenvalue weighted by molar-refractivity contribution is 0.528. The molecule has 0 aliphatic carbocycles. The number of fused-ring (bicyclic) bond motifs is 1. The van der Waals surface area contributed by atoms with Crippen LogP contribution >= 0.6 is 20.8 Å². The molecule has 0 saturated heterocycles. The van der Waals surface area contributed by atoms with E-state index in [1.165, 1.54) is 10.3 Å². The second-order valence-corrected chi connectivity index (χ2v) is 5.33. The summed E-state index contributed by atoms with van der Waals surface area (Å²) < 4.78 is 6.47. The van der Waals surface area contributed by atoms with Gasteiger partial charge in [-0.3, -0.25) is 0 Å². The Morgan fingerprint density at radius 3 is 2.88 bits per heavy atom. The Kier molecular flexibility index (Phi) is 3.65. The molecule has 5 heteroatoms. The first-order chi connectivity index (χ1) is 8.10. The molecule has 17 heavy (non-hydrogen) atoms. The van der Waals surface area contributed by atoms with Crippen LogP contribution in [0.2, 0.25) is 0 Å². The van der Waals surface area contributed by atoms with Crippen LogP contribution in [-0.2, 0) is 4.52 Å². The van der Waals surface area contributed by atoms with Crippen molar-refractivity contribution in [3.63, 3.8) is 0 Å². The lowest BCUT2D eigenvalue weighted by atomic mass is 10.2. The predicted octanol–water partition coefficient (Wildman–Crippen LogP) is 3.27. The maximum atomic E-state index is 5.29. The molecule has 1 aromatic heterocycles. The molecule has 2 aromatic rings. The molecule has 1 aromatic carbocycles. The maximum absolute atomic E-state index is 5.29. The van der Waals surface area contributed by atoms with Gasteiger partial charge in [0.25, 0.3) is 0 Å². The van der Waals surface area contributed by atoms with Crippen LogP contribution in [0.3, 0.4) is 0 Å². The minimum Gasteiger partial charge on any atom is -0.476 e. The molecule has 1 atom stereocenters. The third-order valence-electron chi connectivity index (χ3n) is 2.26. The summed E-state index contributed by atoms with van der Waals surface area (Å²) in [4.78, 5) is 6.52. The second-order valence-electron chi connectivity index (χ2n) is 4.07. The maximum Gasteiger partial charge on any atom is 0.174 e. The fourth-order valence-corrected chi connectivity index (χ4v) is 2.67. The molecule has 0 amide bonds. The molecule has 2 rings (SSSR count). The van der Waals surface area contributed by atoms with E-state index in [4.69, 9.17) is 4.52 Å². The Labute approximate surface area is 107 Å². The molecule has 0 fully saturated rings. The number of hydrogen-bond acceptors (Lipinski definition) is 4. The number of rotatable bonds is 3. The molecule has 0 spiro atoms. The van der Waals surface area contributed by atoms with E-state index in [0.717, 1.165) is 16.3 Å². The normalized spacial score (nSPS) is 11.9. The lowest BCUT2D eigenvalue weighted by Gasteiger charge is -2.07. The quantitative estimate of drug-likeness (QED) is 0.629. The van der Waals surface area contributed by atoms with Crippen LogP contribution < -0.4 is 0 Å². The van der Waals surface area contributed by atoms with Crippen molar-refractivity contribution in [3.05, 3.63) is 35.0 Å². The van der Waals surface area contributed by atoms with E-state index in [1.807, 2.05) is 25.2 Å². The second kappa shape index (κ2) is 5.03. The molecule has 1 unspecified atom stereocenters. The molecule has 3 nitrogen and oxygen atoms in total. The zero-order chi connectivity index (χ0) is 12.4. The molecule has 90 valence electrons. The van der Waals surface area contributed by atoms with Gasteiger partial charge in [0.1, 0.15) is 0 Å². The van der Waals surface area contributed by atoms with Crippen molar-refractivity contribution in [1.82, 2.24) is 9.88 Å². The van der Waals surface area contributed by atoms with Crippen molar-refractivity contribution in [1.29, 1.82) is 0 Å². The van der Waals surface area contributed by atoms with Crippen molar-refractivity contribution < 1.29 is 4.52 Å². The zero-order valence-electron chi connectivity index (χ0n) is 10.1. The van der Waals surface area contributed by atoms with Gasteiger partial charge in [-0.15, -0.1) is 11.3 Å². The third kappa shape index (κ3) is 2.76. The summed E-state index contributed by atoms with van der Waals surface area (Å²) in [5.74, 6) is 0.763. The highest BCUT2D eigenvalue weighted by atomic mass is 32.1. The SMILES string of the molecule is Cc1ccc2sc(/C(=C\N(C)C)OP)nc2c1. The average molecular weight is 266 g/mol. The minimum absolute atomic E-state index is 0.763. The van der Waals surface area contributed by atoms with E-state index < -0.39 is 0 Å². The molecule has 0 aliphatic heterocycles. The van der Waals surface area contributed by atoms with Gasteiger partial charge in [0.2, 0.25) is 0 Å². The molecule has 0 bridgehead atoms. The Morgan fingerprint density at radius 2 is 2.24 bits per heavy atom. The third-order valence-corrected chi connectivity index (χ3v) is 3.56. The van der Waals surface area contributed by atoms with Gasteiger partial charge in [-0.2, -0.15) is 0 Å². The fraction of sp³-hybridized carbons (Fsp3) is 0.250. The van der Waals surface area contributed by atoms with Gasteiger partial charge in [0, 0.05) is 20.3 Å². The molecule has 1 heterocycles. The molecule has 0 saturated carbocycles. The number of nitrogens with zero attached hydrogens (tertiary/aromatic N) is 2. The van der Waals surface area contributed by atoms with E-state index in [-0.39, 0.29) is 0 Å². The van der Waals surface area contributed by atoms with Gasteiger partial charge >= 0.3 is 0 Å². The summed E-state index contributed by atoms with van der Waals surface area (Å²) in [6.07, 6.45) is 1.91. The molecular formula is C12H15N2OPS. The molecular weight excluding hydrogens is 251 g/mol. The van der Waals surface area contributed by atoms with Crippen LogP contribution in [-0.4, -0.2) is 24.0 Å². The Balaban J connectivity index is 2.48. The first kappa shape index (κ1) is 12.3. The Morgan fingerprint density at radius 1 is 1.47 bits per heavy atom. The smallest absolute Gasteiger partial charge is 0.174 e. The van der Waals surface area contributed by atoms with E-state index in [1.54, 1.807) is 11.3 Å². The van der Waals surface area contributed by atoms with Gasteiger partial charge in [-0.25, -0.2) is 4.98 Å². The average Bonchev–Trinajstić information content (AvgIpc) is 2.68. The predicted molar refractivity (Wildman–Crippen MR) is 76.8 cm³/mol. The fourth-order valence-electron chi connectivity index (χ4n) is 1.51. The van der Waals surface area contributed by atoms with E-state index in [9.17, 15) is 0 Å².